The number of carbonyl (C=O) groups is 1. The molecule has 0 amide bonds. The Morgan fingerprint density at radius 1 is 1.24 bits per heavy atom. The smallest absolute Gasteiger partial charge is 0.341 e. The maximum Gasteiger partial charge on any atom is 0.341 e. The molecule has 2 rings (SSSR count). The van der Waals surface area contributed by atoms with Crippen LogP contribution in [0.4, 0.5) is 0 Å². The monoisotopic (exact) mass is 240 g/mol. The summed E-state index contributed by atoms with van der Waals surface area (Å²) in [6.07, 6.45) is 8.90. The summed E-state index contributed by atoms with van der Waals surface area (Å²) in [5, 5.41) is 0. The fourth-order valence-corrected chi connectivity index (χ4v) is 2.95. The lowest BCUT2D eigenvalue weighted by molar-refractivity contribution is -0.149. The molecule has 0 radical (unpaired) electrons. The van der Waals surface area contributed by atoms with Gasteiger partial charge in [-0.25, -0.2) is 4.79 Å². The van der Waals surface area contributed by atoms with E-state index in [0.29, 0.717) is 6.61 Å². The van der Waals surface area contributed by atoms with Crippen molar-refractivity contribution in [2.45, 2.75) is 76.4 Å². The fourth-order valence-electron chi connectivity index (χ4n) is 2.95. The molecule has 0 aromatic heterocycles. The Labute approximate surface area is 104 Å². The van der Waals surface area contributed by atoms with Crippen molar-refractivity contribution in [1.29, 1.82) is 0 Å². The summed E-state index contributed by atoms with van der Waals surface area (Å²) >= 11 is 0. The van der Waals surface area contributed by atoms with Crippen molar-refractivity contribution in [3.63, 3.8) is 0 Å². The number of hydrogen-bond acceptors (Lipinski definition) is 3. The van der Waals surface area contributed by atoms with E-state index in [4.69, 9.17) is 9.47 Å². The van der Waals surface area contributed by atoms with Gasteiger partial charge in [-0.1, -0.05) is 39.0 Å². The number of esters is 1. The Kier molecular flexibility index (Phi) is 3.76. The predicted molar refractivity (Wildman–Crippen MR) is 65.8 cm³/mol. The van der Waals surface area contributed by atoms with E-state index in [1.165, 1.54) is 19.3 Å². The molecule has 1 aliphatic heterocycles. The highest BCUT2D eigenvalue weighted by Gasteiger charge is 2.71. The molecule has 98 valence electrons. The van der Waals surface area contributed by atoms with Crippen LogP contribution in [0.3, 0.4) is 0 Å². The Bertz CT molecular complexity index is 281. The zero-order valence-corrected chi connectivity index (χ0v) is 11.1. The van der Waals surface area contributed by atoms with Crippen LogP contribution in [0, 0.1) is 0 Å². The van der Waals surface area contributed by atoms with E-state index < -0.39 is 5.60 Å². The molecule has 0 aromatic rings. The van der Waals surface area contributed by atoms with Gasteiger partial charge < -0.3 is 9.47 Å². The molecule has 2 aliphatic rings. The lowest BCUT2D eigenvalue weighted by atomic mass is 9.81. The number of epoxide rings is 1. The lowest BCUT2D eigenvalue weighted by Gasteiger charge is -2.20. The molecule has 1 aliphatic carbocycles. The molecule has 3 heteroatoms. The van der Waals surface area contributed by atoms with E-state index in [0.717, 1.165) is 32.1 Å². The first-order valence-corrected chi connectivity index (χ1v) is 7.02. The maximum atomic E-state index is 12.0. The molecular weight excluding hydrogens is 216 g/mol. The Morgan fingerprint density at radius 2 is 1.94 bits per heavy atom. The quantitative estimate of drug-likeness (QED) is 0.421. The van der Waals surface area contributed by atoms with Crippen LogP contribution < -0.4 is 0 Å². The van der Waals surface area contributed by atoms with Gasteiger partial charge in [-0.05, 0) is 26.2 Å². The van der Waals surface area contributed by atoms with Crippen molar-refractivity contribution in [3.05, 3.63) is 0 Å². The Morgan fingerprint density at radius 3 is 2.59 bits per heavy atom. The first-order chi connectivity index (χ1) is 8.15. The fraction of sp³-hybridized carbons (Fsp3) is 0.929. The average molecular weight is 240 g/mol. The van der Waals surface area contributed by atoms with E-state index in [1.54, 1.807) is 0 Å². The average Bonchev–Trinajstić information content (AvgIpc) is 2.91. The highest BCUT2D eigenvalue weighted by atomic mass is 16.7. The van der Waals surface area contributed by atoms with Crippen LogP contribution in [0.15, 0.2) is 0 Å². The Hall–Kier alpha value is -0.570. The number of rotatable bonds is 5. The standard InChI is InChI=1S/C14H24O3/c1-3-4-8-11-16-12(15)13(2)14(17-13)9-6-5-7-10-14/h3-11H2,1-2H3. The van der Waals surface area contributed by atoms with Crippen LogP contribution in [-0.4, -0.2) is 23.8 Å². The van der Waals surface area contributed by atoms with E-state index in [2.05, 4.69) is 6.92 Å². The van der Waals surface area contributed by atoms with Gasteiger partial charge in [-0.2, -0.15) is 0 Å². The molecule has 1 heterocycles. The van der Waals surface area contributed by atoms with Gasteiger partial charge in [0.1, 0.15) is 5.60 Å². The molecular formula is C14H24O3. The number of unbranched alkanes of at least 4 members (excludes halogenated alkanes) is 2. The van der Waals surface area contributed by atoms with Crippen molar-refractivity contribution in [3.8, 4) is 0 Å². The molecule has 1 atom stereocenters. The summed E-state index contributed by atoms with van der Waals surface area (Å²) in [7, 11) is 0. The summed E-state index contributed by atoms with van der Waals surface area (Å²) in [5.41, 5.74) is -0.813. The van der Waals surface area contributed by atoms with Crippen molar-refractivity contribution >= 4 is 5.97 Å². The molecule has 3 nitrogen and oxygen atoms in total. The predicted octanol–water partition coefficient (Wildman–Crippen LogP) is 3.21. The maximum absolute atomic E-state index is 12.0. The molecule has 1 spiro atoms. The molecule has 0 aromatic carbocycles. The molecule has 1 saturated carbocycles. The van der Waals surface area contributed by atoms with Gasteiger partial charge in [0.2, 0.25) is 0 Å². The summed E-state index contributed by atoms with van der Waals surface area (Å²) in [6.45, 7) is 4.59. The van der Waals surface area contributed by atoms with Gasteiger partial charge in [0, 0.05) is 0 Å². The minimum absolute atomic E-state index is 0.143. The summed E-state index contributed by atoms with van der Waals surface area (Å²) < 4.78 is 11.1. The van der Waals surface area contributed by atoms with Crippen LogP contribution in [0.1, 0.15) is 65.2 Å². The Balaban J connectivity index is 1.79. The molecule has 17 heavy (non-hydrogen) atoms. The highest BCUT2D eigenvalue weighted by Crippen LogP contribution is 2.56. The number of carbonyl (C=O) groups excluding carboxylic acids is 1. The van der Waals surface area contributed by atoms with Gasteiger partial charge in [-0.15, -0.1) is 0 Å². The zero-order valence-electron chi connectivity index (χ0n) is 11.1. The van der Waals surface area contributed by atoms with E-state index in [-0.39, 0.29) is 11.6 Å². The second-order valence-electron chi connectivity index (χ2n) is 5.53. The largest absolute Gasteiger partial charge is 0.463 e. The third kappa shape index (κ3) is 2.35. The van der Waals surface area contributed by atoms with Gasteiger partial charge in [0.15, 0.2) is 5.60 Å². The number of ether oxygens (including phenoxy) is 2. The first kappa shape index (κ1) is 12.9. The minimum Gasteiger partial charge on any atom is -0.463 e. The van der Waals surface area contributed by atoms with Crippen LogP contribution in [-0.2, 0) is 14.3 Å². The highest BCUT2D eigenvalue weighted by molar-refractivity contribution is 5.84. The van der Waals surface area contributed by atoms with Gasteiger partial charge >= 0.3 is 5.97 Å². The molecule has 0 bridgehead atoms. The van der Waals surface area contributed by atoms with Crippen LogP contribution in [0.25, 0.3) is 0 Å². The lowest BCUT2D eigenvalue weighted by Crippen LogP contribution is -2.34. The van der Waals surface area contributed by atoms with E-state index in [1.807, 2.05) is 6.92 Å². The summed E-state index contributed by atoms with van der Waals surface area (Å²) in [5.74, 6) is -0.143. The van der Waals surface area contributed by atoms with Crippen molar-refractivity contribution in [2.75, 3.05) is 6.61 Å². The van der Waals surface area contributed by atoms with Crippen molar-refractivity contribution in [1.82, 2.24) is 0 Å². The number of hydrogen-bond donors (Lipinski definition) is 0. The second kappa shape index (κ2) is 4.97. The summed E-state index contributed by atoms with van der Waals surface area (Å²) in [4.78, 5) is 12.0. The van der Waals surface area contributed by atoms with Gasteiger partial charge in [0.25, 0.3) is 0 Å². The van der Waals surface area contributed by atoms with Crippen LogP contribution >= 0.6 is 0 Å². The van der Waals surface area contributed by atoms with Crippen LogP contribution in [0.2, 0.25) is 0 Å². The van der Waals surface area contributed by atoms with E-state index >= 15 is 0 Å². The van der Waals surface area contributed by atoms with E-state index in [9.17, 15) is 4.79 Å². The molecule has 0 N–H and O–H groups in total. The molecule has 2 fully saturated rings. The minimum atomic E-state index is -0.639. The first-order valence-electron chi connectivity index (χ1n) is 7.02. The van der Waals surface area contributed by atoms with Gasteiger partial charge in [-0.3, -0.25) is 0 Å². The van der Waals surface area contributed by atoms with Gasteiger partial charge in [0.05, 0.1) is 6.61 Å². The SMILES string of the molecule is CCCCCOC(=O)C1(C)OC12CCCCC2. The second-order valence-corrected chi connectivity index (χ2v) is 5.53. The topological polar surface area (TPSA) is 38.8 Å². The third-order valence-electron chi connectivity index (χ3n) is 4.26. The third-order valence-corrected chi connectivity index (χ3v) is 4.26. The zero-order chi connectivity index (χ0) is 12.4. The van der Waals surface area contributed by atoms with Crippen molar-refractivity contribution in [2.24, 2.45) is 0 Å². The van der Waals surface area contributed by atoms with Crippen LogP contribution in [0.5, 0.6) is 0 Å². The molecule has 1 unspecified atom stereocenters. The normalized spacial score (nSPS) is 30.2. The van der Waals surface area contributed by atoms with Crippen molar-refractivity contribution < 1.29 is 14.3 Å². The molecule has 1 saturated heterocycles. The summed E-state index contributed by atoms with van der Waals surface area (Å²) in [6, 6.07) is 0.